The van der Waals surface area contributed by atoms with Crippen LogP contribution < -0.4 is 11.1 Å². The summed E-state index contributed by atoms with van der Waals surface area (Å²) in [6.45, 7) is 2.17. The number of rotatable bonds is 7. The zero-order valence-corrected chi connectivity index (χ0v) is 12.4. The molecule has 1 rings (SSSR count). The standard InChI is InChI=1S/C12H24N2OS2/c1-3-17-11-6-4-5-10(11)14-12(15)9(13)7-8-16-2/h9-11H,3-8,13H2,1-2H3,(H,14,15)/t9-,10?,11?/m1/s1. The summed E-state index contributed by atoms with van der Waals surface area (Å²) in [5.74, 6) is 2.11. The van der Waals surface area contributed by atoms with Gasteiger partial charge in [0, 0.05) is 11.3 Å². The van der Waals surface area contributed by atoms with E-state index in [1.807, 2.05) is 18.0 Å². The van der Waals surface area contributed by atoms with E-state index in [1.165, 1.54) is 12.8 Å². The van der Waals surface area contributed by atoms with Crippen LogP contribution in [0.4, 0.5) is 0 Å². The second-order valence-electron chi connectivity index (χ2n) is 4.43. The van der Waals surface area contributed by atoms with E-state index in [1.54, 1.807) is 11.8 Å². The van der Waals surface area contributed by atoms with Crippen molar-refractivity contribution in [1.29, 1.82) is 0 Å². The van der Waals surface area contributed by atoms with Crippen LogP contribution in [0.25, 0.3) is 0 Å². The highest BCUT2D eigenvalue weighted by molar-refractivity contribution is 7.99. The molecular formula is C12H24N2OS2. The predicted octanol–water partition coefficient (Wildman–Crippen LogP) is 1.86. The Hall–Kier alpha value is 0.130. The van der Waals surface area contributed by atoms with E-state index in [2.05, 4.69) is 12.2 Å². The second-order valence-corrected chi connectivity index (χ2v) is 6.93. The number of hydrogen-bond donors (Lipinski definition) is 2. The van der Waals surface area contributed by atoms with Crippen molar-refractivity contribution >= 4 is 29.4 Å². The van der Waals surface area contributed by atoms with Gasteiger partial charge in [0.2, 0.25) is 5.91 Å². The third-order valence-electron chi connectivity index (χ3n) is 3.13. The topological polar surface area (TPSA) is 55.1 Å². The first-order valence-electron chi connectivity index (χ1n) is 6.35. The Labute approximate surface area is 113 Å². The Morgan fingerprint density at radius 3 is 2.94 bits per heavy atom. The molecule has 17 heavy (non-hydrogen) atoms. The van der Waals surface area contributed by atoms with Crippen LogP contribution in [0.3, 0.4) is 0 Å². The number of carbonyl (C=O) groups excluding carboxylic acids is 1. The molecular weight excluding hydrogens is 252 g/mol. The lowest BCUT2D eigenvalue weighted by Crippen LogP contribution is -2.47. The van der Waals surface area contributed by atoms with Crippen LogP contribution in [-0.4, -0.2) is 41.0 Å². The van der Waals surface area contributed by atoms with Crippen LogP contribution in [0.5, 0.6) is 0 Å². The van der Waals surface area contributed by atoms with Crippen LogP contribution in [0, 0.1) is 0 Å². The maximum absolute atomic E-state index is 11.9. The normalized spacial score (nSPS) is 25.8. The van der Waals surface area contributed by atoms with Gasteiger partial charge in [0.1, 0.15) is 0 Å². The van der Waals surface area contributed by atoms with Gasteiger partial charge in [0.05, 0.1) is 6.04 Å². The van der Waals surface area contributed by atoms with Gasteiger partial charge < -0.3 is 11.1 Å². The van der Waals surface area contributed by atoms with Crippen LogP contribution >= 0.6 is 23.5 Å². The highest BCUT2D eigenvalue weighted by Gasteiger charge is 2.29. The molecule has 0 bridgehead atoms. The summed E-state index contributed by atoms with van der Waals surface area (Å²) in [5, 5.41) is 3.72. The minimum atomic E-state index is -0.338. The quantitative estimate of drug-likeness (QED) is 0.745. The molecule has 0 aliphatic heterocycles. The van der Waals surface area contributed by atoms with Gasteiger partial charge in [-0.15, -0.1) is 0 Å². The number of nitrogens with two attached hydrogens (primary N) is 1. The van der Waals surface area contributed by atoms with Gasteiger partial charge >= 0.3 is 0 Å². The van der Waals surface area contributed by atoms with Crippen LogP contribution in [0.2, 0.25) is 0 Å². The Kier molecular flexibility index (Phi) is 7.39. The summed E-state index contributed by atoms with van der Waals surface area (Å²) in [6, 6.07) is 0.00288. The lowest BCUT2D eigenvalue weighted by atomic mass is 10.2. The number of nitrogens with one attached hydrogen (secondary N) is 1. The molecule has 2 unspecified atom stereocenters. The molecule has 0 aromatic carbocycles. The molecule has 3 N–H and O–H groups in total. The smallest absolute Gasteiger partial charge is 0.237 e. The summed E-state index contributed by atoms with van der Waals surface area (Å²) < 4.78 is 0. The van der Waals surface area contributed by atoms with Gasteiger partial charge in [-0.25, -0.2) is 0 Å². The fraction of sp³-hybridized carbons (Fsp3) is 0.917. The van der Waals surface area contributed by atoms with Crippen molar-refractivity contribution in [2.75, 3.05) is 17.8 Å². The Morgan fingerprint density at radius 1 is 1.53 bits per heavy atom. The average molecular weight is 276 g/mol. The highest BCUT2D eigenvalue weighted by atomic mass is 32.2. The fourth-order valence-electron chi connectivity index (χ4n) is 2.17. The van der Waals surface area contributed by atoms with Crippen molar-refractivity contribution in [3.8, 4) is 0 Å². The maximum Gasteiger partial charge on any atom is 0.237 e. The molecule has 3 atom stereocenters. The summed E-state index contributed by atoms with van der Waals surface area (Å²) in [4.78, 5) is 11.9. The summed E-state index contributed by atoms with van der Waals surface area (Å²) >= 11 is 3.69. The summed E-state index contributed by atoms with van der Waals surface area (Å²) in [6.07, 6.45) is 6.37. The molecule has 1 fully saturated rings. The molecule has 0 spiro atoms. The molecule has 0 radical (unpaired) electrons. The zero-order chi connectivity index (χ0) is 12.7. The fourth-order valence-corrected chi connectivity index (χ4v) is 3.86. The van der Waals surface area contributed by atoms with Crippen LogP contribution in [0.15, 0.2) is 0 Å². The third-order valence-corrected chi connectivity index (χ3v) is 5.10. The van der Waals surface area contributed by atoms with Crippen molar-refractivity contribution in [3.63, 3.8) is 0 Å². The first-order chi connectivity index (χ1) is 8.19. The van der Waals surface area contributed by atoms with E-state index in [-0.39, 0.29) is 11.9 Å². The first kappa shape index (κ1) is 15.2. The van der Waals surface area contributed by atoms with Crippen molar-refractivity contribution in [1.82, 2.24) is 5.32 Å². The molecule has 1 amide bonds. The van der Waals surface area contributed by atoms with Gasteiger partial charge in [-0.2, -0.15) is 23.5 Å². The zero-order valence-electron chi connectivity index (χ0n) is 10.8. The summed E-state index contributed by atoms with van der Waals surface area (Å²) in [7, 11) is 0. The van der Waals surface area contributed by atoms with E-state index in [4.69, 9.17) is 5.73 Å². The molecule has 1 saturated carbocycles. The lowest BCUT2D eigenvalue weighted by molar-refractivity contribution is -0.123. The van der Waals surface area contributed by atoms with Crippen LogP contribution in [0.1, 0.15) is 32.6 Å². The number of amides is 1. The van der Waals surface area contributed by atoms with Gasteiger partial charge in [0.15, 0.2) is 0 Å². The second kappa shape index (κ2) is 8.27. The van der Waals surface area contributed by atoms with E-state index >= 15 is 0 Å². The van der Waals surface area contributed by atoms with Gasteiger partial charge in [-0.05, 0) is 37.0 Å². The molecule has 1 aliphatic rings. The molecule has 100 valence electrons. The average Bonchev–Trinajstić information content (AvgIpc) is 2.74. The van der Waals surface area contributed by atoms with E-state index in [9.17, 15) is 4.79 Å². The van der Waals surface area contributed by atoms with E-state index in [0.717, 1.165) is 24.3 Å². The molecule has 0 saturated heterocycles. The van der Waals surface area contributed by atoms with Gasteiger partial charge in [-0.3, -0.25) is 4.79 Å². The number of hydrogen-bond acceptors (Lipinski definition) is 4. The Morgan fingerprint density at radius 2 is 2.29 bits per heavy atom. The van der Waals surface area contributed by atoms with Crippen molar-refractivity contribution < 1.29 is 4.79 Å². The predicted molar refractivity (Wildman–Crippen MR) is 78.7 cm³/mol. The molecule has 0 heterocycles. The first-order valence-corrected chi connectivity index (χ1v) is 8.79. The minimum absolute atomic E-state index is 0.0349. The highest BCUT2D eigenvalue weighted by Crippen LogP contribution is 2.29. The molecule has 0 aromatic heterocycles. The minimum Gasteiger partial charge on any atom is -0.351 e. The third kappa shape index (κ3) is 5.10. The summed E-state index contributed by atoms with van der Waals surface area (Å²) in [5.41, 5.74) is 5.87. The van der Waals surface area contributed by atoms with Crippen molar-refractivity contribution in [2.24, 2.45) is 5.73 Å². The molecule has 1 aliphatic carbocycles. The number of thioether (sulfide) groups is 2. The molecule has 0 aromatic rings. The van der Waals surface area contributed by atoms with E-state index in [0.29, 0.717) is 11.3 Å². The van der Waals surface area contributed by atoms with Crippen molar-refractivity contribution in [2.45, 2.75) is 49.9 Å². The van der Waals surface area contributed by atoms with Gasteiger partial charge in [0.25, 0.3) is 0 Å². The lowest BCUT2D eigenvalue weighted by Gasteiger charge is -2.22. The Balaban J connectivity index is 2.33. The number of carbonyl (C=O) groups is 1. The van der Waals surface area contributed by atoms with Crippen molar-refractivity contribution in [3.05, 3.63) is 0 Å². The monoisotopic (exact) mass is 276 g/mol. The molecule has 5 heteroatoms. The largest absolute Gasteiger partial charge is 0.351 e. The Bertz CT molecular complexity index is 239. The van der Waals surface area contributed by atoms with E-state index < -0.39 is 0 Å². The SMILES string of the molecule is CCSC1CCCC1NC(=O)[C@H](N)CCSC. The molecule has 3 nitrogen and oxygen atoms in total. The maximum atomic E-state index is 11.9. The van der Waals surface area contributed by atoms with Crippen LogP contribution in [-0.2, 0) is 4.79 Å². The van der Waals surface area contributed by atoms with Gasteiger partial charge in [-0.1, -0.05) is 13.3 Å².